The number of rotatable bonds is 1. The Morgan fingerprint density at radius 2 is 2.00 bits per heavy atom. The maximum Gasteiger partial charge on any atom is 0.0960 e. The zero-order valence-electron chi connectivity index (χ0n) is 11.9. The lowest BCUT2D eigenvalue weighted by Gasteiger charge is -2.44. The molecule has 1 saturated carbocycles. The molecular formula is C17H22N2O. The second-order valence-electron chi connectivity index (χ2n) is 6.38. The minimum Gasteiger partial charge on any atom is -0.375 e. The number of hydrogen-bond acceptors (Lipinski definition) is 2. The van der Waals surface area contributed by atoms with Crippen molar-refractivity contribution in [3.8, 4) is 0 Å². The third kappa shape index (κ3) is 2.05. The first kappa shape index (κ1) is 12.4. The highest BCUT2D eigenvalue weighted by molar-refractivity contribution is 5.75. The Balaban J connectivity index is 1.64. The van der Waals surface area contributed by atoms with Crippen molar-refractivity contribution in [2.75, 3.05) is 6.61 Å². The molecular weight excluding hydrogens is 248 g/mol. The minimum absolute atomic E-state index is 0.159. The fraction of sp³-hybridized carbons (Fsp3) is 0.588. The first-order chi connectivity index (χ1) is 9.86. The van der Waals surface area contributed by atoms with Crippen molar-refractivity contribution in [3.63, 3.8) is 0 Å². The molecule has 0 radical (unpaired) electrons. The second-order valence-corrected chi connectivity index (χ2v) is 6.38. The van der Waals surface area contributed by atoms with Crippen LogP contribution in [0.25, 0.3) is 11.0 Å². The zero-order chi connectivity index (χ0) is 13.4. The second kappa shape index (κ2) is 4.88. The van der Waals surface area contributed by atoms with Crippen molar-refractivity contribution < 1.29 is 4.74 Å². The smallest absolute Gasteiger partial charge is 0.0960 e. The first-order valence-corrected chi connectivity index (χ1v) is 7.92. The normalized spacial score (nSPS) is 26.1. The molecule has 1 spiro atoms. The molecule has 2 heterocycles. The number of hydrogen-bond donors (Lipinski definition) is 0. The largest absolute Gasteiger partial charge is 0.375 e. The quantitative estimate of drug-likeness (QED) is 0.780. The van der Waals surface area contributed by atoms with Crippen LogP contribution < -0.4 is 0 Å². The molecule has 3 heteroatoms. The number of imidazole rings is 1. The van der Waals surface area contributed by atoms with Gasteiger partial charge in [-0.2, -0.15) is 0 Å². The molecule has 4 rings (SSSR count). The van der Waals surface area contributed by atoms with E-state index < -0.39 is 0 Å². The van der Waals surface area contributed by atoms with Crippen molar-refractivity contribution in [2.24, 2.45) is 0 Å². The van der Waals surface area contributed by atoms with Crippen molar-refractivity contribution in [1.82, 2.24) is 9.55 Å². The van der Waals surface area contributed by atoms with Crippen molar-refractivity contribution in [1.29, 1.82) is 0 Å². The van der Waals surface area contributed by atoms with Gasteiger partial charge in [-0.25, -0.2) is 4.98 Å². The van der Waals surface area contributed by atoms with Crippen LogP contribution >= 0.6 is 0 Å². The SMILES string of the molecule is c1ccc2c(c1)ncn2C1CCOC2(CCCCC2)C1. The lowest BCUT2D eigenvalue weighted by molar-refractivity contribution is -0.114. The van der Waals surface area contributed by atoms with Crippen molar-refractivity contribution in [2.45, 2.75) is 56.6 Å². The predicted molar refractivity (Wildman–Crippen MR) is 79.8 cm³/mol. The molecule has 2 fully saturated rings. The van der Waals surface area contributed by atoms with Gasteiger partial charge in [0.05, 0.1) is 23.0 Å². The van der Waals surface area contributed by atoms with Crippen LogP contribution in [-0.4, -0.2) is 21.8 Å². The zero-order valence-corrected chi connectivity index (χ0v) is 11.9. The molecule has 1 aliphatic carbocycles. The van der Waals surface area contributed by atoms with E-state index in [1.165, 1.54) is 37.6 Å². The molecule has 1 unspecified atom stereocenters. The Morgan fingerprint density at radius 3 is 2.90 bits per heavy atom. The van der Waals surface area contributed by atoms with Crippen LogP contribution in [0.15, 0.2) is 30.6 Å². The molecule has 2 aliphatic rings. The number of nitrogens with zero attached hydrogens (tertiary/aromatic N) is 2. The average Bonchev–Trinajstić information content (AvgIpc) is 2.92. The average molecular weight is 270 g/mol. The Morgan fingerprint density at radius 1 is 1.15 bits per heavy atom. The first-order valence-electron chi connectivity index (χ1n) is 7.92. The Kier molecular flexibility index (Phi) is 3.03. The molecule has 20 heavy (non-hydrogen) atoms. The van der Waals surface area contributed by atoms with E-state index in [0.717, 1.165) is 25.0 Å². The molecule has 1 saturated heterocycles. The van der Waals surface area contributed by atoms with Gasteiger partial charge < -0.3 is 9.30 Å². The van der Waals surface area contributed by atoms with Crippen LogP contribution in [-0.2, 0) is 4.74 Å². The Bertz CT molecular complexity index is 592. The van der Waals surface area contributed by atoms with E-state index in [1.54, 1.807) is 0 Å². The highest BCUT2D eigenvalue weighted by atomic mass is 16.5. The van der Waals surface area contributed by atoms with Crippen LogP contribution in [0.4, 0.5) is 0 Å². The van der Waals surface area contributed by atoms with Gasteiger partial charge in [0, 0.05) is 12.6 Å². The third-order valence-electron chi connectivity index (χ3n) is 5.11. The monoisotopic (exact) mass is 270 g/mol. The highest BCUT2D eigenvalue weighted by Gasteiger charge is 2.39. The van der Waals surface area contributed by atoms with Gasteiger partial charge in [-0.05, 0) is 37.8 Å². The third-order valence-corrected chi connectivity index (χ3v) is 5.11. The molecule has 1 aliphatic heterocycles. The van der Waals surface area contributed by atoms with E-state index >= 15 is 0 Å². The topological polar surface area (TPSA) is 27.1 Å². The molecule has 0 amide bonds. The van der Waals surface area contributed by atoms with Gasteiger partial charge in [-0.3, -0.25) is 0 Å². The minimum atomic E-state index is 0.159. The summed E-state index contributed by atoms with van der Waals surface area (Å²) in [6.45, 7) is 0.900. The number of benzene rings is 1. The summed E-state index contributed by atoms with van der Waals surface area (Å²) in [6.07, 6.45) is 10.8. The fourth-order valence-electron chi connectivity index (χ4n) is 4.05. The summed E-state index contributed by atoms with van der Waals surface area (Å²) in [5, 5.41) is 0. The molecule has 1 atom stereocenters. The highest BCUT2D eigenvalue weighted by Crippen LogP contribution is 2.42. The van der Waals surface area contributed by atoms with Crippen LogP contribution in [0.5, 0.6) is 0 Å². The van der Waals surface area contributed by atoms with Crippen LogP contribution in [0, 0.1) is 0 Å². The fourth-order valence-corrected chi connectivity index (χ4v) is 4.05. The summed E-state index contributed by atoms with van der Waals surface area (Å²) < 4.78 is 8.60. The van der Waals surface area contributed by atoms with Gasteiger partial charge in [-0.1, -0.05) is 31.4 Å². The lowest BCUT2D eigenvalue weighted by Crippen LogP contribution is -2.42. The van der Waals surface area contributed by atoms with Gasteiger partial charge >= 0.3 is 0 Å². The van der Waals surface area contributed by atoms with E-state index in [1.807, 2.05) is 6.33 Å². The Labute approximate surface area is 120 Å². The van der Waals surface area contributed by atoms with E-state index in [4.69, 9.17) is 4.74 Å². The number of para-hydroxylation sites is 2. The lowest BCUT2D eigenvalue weighted by atomic mass is 9.78. The predicted octanol–water partition coefficient (Wildman–Crippen LogP) is 4.09. The van der Waals surface area contributed by atoms with Crippen molar-refractivity contribution in [3.05, 3.63) is 30.6 Å². The van der Waals surface area contributed by atoms with Gasteiger partial charge in [0.2, 0.25) is 0 Å². The van der Waals surface area contributed by atoms with E-state index in [9.17, 15) is 0 Å². The summed E-state index contributed by atoms with van der Waals surface area (Å²) in [6, 6.07) is 9.00. The maximum absolute atomic E-state index is 6.21. The standard InChI is InChI=1S/C17H22N2O/c1-4-9-17(10-5-1)12-14(8-11-20-17)19-13-18-15-6-2-3-7-16(15)19/h2-3,6-7,13-14H,1,4-5,8-12H2. The Hall–Kier alpha value is -1.35. The molecule has 3 nitrogen and oxygen atoms in total. The van der Waals surface area contributed by atoms with Crippen LogP contribution in [0.3, 0.4) is 0 Å². The van der Waals surface area contributed by atoms with Gasteiger partial charge in [0.1, 0.15) is 0 Å². The number of aromatic nitrogens is 2. The summed E-state index contributed by atoms with van der Waals surface area (Å²) in [4.78, 5) is 4.55. The van der Waals surface area contributed by atoms with Crippen LogP contribution in [0.1, 0.15) is 51.0 Å². The molecule has 1 aromatic heterocycles. The summed E-state index contributed by atoms with van der Waals surface area (Å²) >= 11 is 0. The number of ether oxygens (including phenoxy) is 1. The maximum atomic E-state index is 6.21. The summed E-state index contributed by atoms with van der Waals surface area (Å²) in [7, 11) is 0. The molecule has 1 aromatic carbocycles. The molecule has 2 aromatic rings. The molecule has 0 N–H and O–H groups in total. The van der Waals surface area contributed by atoms with Gasteiger partial charge in [0.15, 0.2) is 0 Å². The van der Waals surface area contributed by atoms with Crippen molar-refractivity contribution >= 4 is 11.0 Å². The van der Waals surface area contributed by atoms with Gasteiger partial charge in [0.25, 0.3) is 0 Å². The number of fused-ring (bicyclic) bond motifs is 1. The van der Waals surface area contributed by atoms with Gasteiger partial charge in [-0.15, -0.1) is 0 Å². The molecule has 0 bridgehead atoms. The summed E-state index contributed by atoms with van der Waals surface area (Å²) in [5.41, 5.74) is 2.54. The van der Waals surface area contributed by atoms with Crippen LogP contribution in [0.2, 0.25) is 0 Å². The summed E-state index contributed by atoms with van der Waals surface area (Å²) in [5.74, 6) is 0. The van der Waals surface area contributed by atoms with E-state index in [2.05, 4.69) is 33.8 Å². The van der Waals surface area contributed by atoms with E-state index in [-0.39, 0.29) is 5.60 Å². The van der Waals surface area contributed by atoms with E-state index in [0.29, 0.717) is 6.04 Å². The molecule has 106 valence electrons.